The Labute approximate surface area is 87.0 Å². The molecule has 0 radical (unpaired) electrons. The van der Waals surface area contributed by atoms with Crippen LogP contribution in [-0.4, -0.2) is 22.4 Å². The Hall–Kier alpha value is -1.35. The first-order chi connectivity index (χ1) is 6.65. The molecule has 0 saturated carbocycles. The Morgan fingerprint density at radius 3 is 2.29 bits per heavy atom. The van der Waals surface area contributed by atoms with Crippen LogP contribution >= 0.6 is 0 Å². The third-order valence-electron chi connectivity index (χ3n) is 1.89. The molecule has 0 bridgehead atoms. The van der Waals surface area contributed by atoms with Gasteiger partial charge in [-0.3, -0.25) is 0 Å². The Morgan fingerprint density at radius 1 is 1.36 bits per heavy atom. The summed E-state index contributed by atoms with van der Waals surface area (Å²) in [4.78, 5) is 11.3. The Morgan fingerprint density at radius 2 is 1.86 bits per heavy atom. The van der Waals surface area contributed by atoms with Gasteiger partial charge in [-0.15, -0.1) is 0 Å². The van der Waals surface area contributed by atoms with E-state index in [1.807, 2.05) is 19.1 Å². The van der Waals surface area contributed by atoms with Crippen LogP contribution in [0.15, 0.2) is 30.8 Å². The second-order valence-electron chi connectivity index (χ2n) is 3.08. The Bertz CT molecular complexity index is 341. The number of hydrogen-bond donors (Lipinski definition) is 0. The minimum atomic E-state index is -0.242. The monoisotopic (exact) mass is 206 g/mol. The van der Waals surface area contributed by atoms with Gasteiger partial charge in [0.25, 0.3) is 0 Å². The average molecular weight is 206 g/mol. The lowest BCUT2D eigenvalue weighted by molar-refractivity contribution is 0.0573. The van der Waals surface area contributed by atoms with Gasteiger partial charge in [-0.05, 0) is 24.6 Å². The Balaban J connectivity index is 2.83. The Kier molecular flexibility index (Phi) is 3.65. The fourth-order valence-electron chi connectivity index (χ4n) is 1.11. The third-order valence-corrected chi connectivity index (χ3v) is 2.18. The minimum Gasteiger partial charge on any atom is -0.467 e. The second-order valence-corrected chi connectivity index (χ2v) is 3.66. The van der Waals surface area contributed by atoms with Crippen LogP contribution < -0.4 is 0 Å². The van der Waals surface area contributed by atoms with Crippen LogP contribution in [0.4, 0.5) is 0 Å². The molecule has 0 heterocycles. The van der Waals surface area contributed by atoms with Crippen molar-refractivity contribution in [2.24, 2.45) is 0 Å². The zero-order valence-corrected chi connectivity index (χ0v) is 10.5. The first-order valence-corrected chi connectivity index (χ1v) is 5.99. The van der Waals surface area contributed by atoms with E-state index in [2.05, 4.69) is 6.58 Å². The van der Waals surface area contributed by atoms with Crippen molar-refractivity contribution in [1.29, 1.82) is 0 Å². The third kappa shape index (κ3) is 2.57. The molecular weight excluding hydrogens is 192 g/mol. The second kappa shape index (κ2) is 4.76. The molecule has 0 aliphatic carbocycles. The highest BCUT2D eigenvalue weighted by molar-refractivity contribution is 6.09. The molecule has 0 atom stereocenters. The van der Waals surface area contributed by atoms with Gasteiger partial charge in [0.1, 0.15) is 0 Å². The van der Waals surface area contributed by atoms with E-state index in [0.29, 0.717) is 11.8 Å². The molecule has 1 aromatic carbocycles. The van der Waals surface area contributed by atoms with E-state index in [4.69, 9.17) is 4.74 Å². The van der Waals surface area contributed by atoms with Crippen LogP contribution in [0, 0.1) is 0 Å². The van der Waals surface area contributed by atoms with Crippen LogP contribution in [0.25, 0.3) is 5.57 Å². The molecule has 0 fully saturated rings. The first-order valence-electron chi connectivity index (χ1n) is 4.58. The lowest BCUT2D eigenvalue weighted by Crippen LogP contribution is -2.05. The van der Waals surface area contributed by atoms with E-state index in [0.717, 1.165) is 21.4 Å². The fourth-order valence-corrected chi connectivity index (χ4v) is 1.37. The number of rotatable bonds is 3. The number of hydrogen-bond acceptors (Lipinski definition) is 2. The average Bonchev–Trinajstić information content (AvgIpc) is 2.18. The molecule has 0 N–H and O–H groups in total. The van der Waals surface area contributed by atoms with Crippen LogP contribution in [0.2, 0.25) is 0 Å². The summed E-state index contributed by atoms with van der Waals surface area (Å²) in [7, 11) is 0.876. The topological polar surface area (TPSA) is 26.3 Å². The summed E-state index contributed by atoms with van der Waals surface area (Å²) in [5.41, 5.74) is 2.64. The van der Waals surface area contributed by atoms with Crippen molar-refractivity contribution in [1.82, 2.24) is 0 Å². The van der Waals surface area contributed by atoms with Gasteiger partial charge >= 0.3 is 5.97 Å². The maximum absolute atomic E-state index is 11.3. The molecule has 74 valence electrons. The van der Waals surface area contributed by atoms with E-state index in [9.17, 15) is 4.79 Å². The predicted octanol–water partition coefficient (Wildman–Crippen LogP) is 1.20. The van der Waals surface area contributed by atoms with Crippen LogP contribution in [0.3, 0.4) is 0 Å². The van der Waals surface area contributed by atoms with E-state index in [-0.39, 0.29) is 5.97 Å². The van der Waals surface area contributed by atoms with Crippen molar-refractivity contribution in [2.75, 3.05) is 6.23 Å². The van der Waals surface area contributed by atoms with Crippen LogP contribution in [0.5, 0.6) is 0 Å². The highest BCUT2D eigenvalue weighted by Gasteiger charge is 2.05. The maximum atomic E-state index is 11.3. The van der Waals surface area contributed by atoms with Gasteiger partial charge in [-0.2, -0.15) is 0 Å². The molecule has 1 aromatic rings. The molecule has 0 saturated heterocycles. The molecule has 2 nitrogen and oxygen atoms in total. The van der Waals surface area contributed by atoms with Crippen molar-refractivity contribution >= 4 is 21.8 Å². The summed E-state index contributed by atoms with van der Waals surface area (Å²) in [6.07, 6.45) is 0.543. The summed E-state index contributed by atoms with van der Waals surface area (Å²) in [5, 5.41) is 0. The first kappa shape index (κ1) is 10.7. The zero-order chi connectivity index (χ0) is 10.6. The highest BCUT2D eigenvalue weighted by atomic mass is 28.1. The molecule has 0 spiro atoms. The number of carbonyl (C=O) groups is 1. The molecule has 14 heavy (non-hydrogen) atoms. The largest absolute Gasteiger partial charge is 0.467 e. The molecule has 0 aliphatic rings. The van der Waals surface area contributed by atoms with E-state index in [1.165, 1.54) is 0 Å². The smallest absolute Gasteiger partial charge is 0.337 e. The number of carbonyl (C=O) groups excluding carboxylic acids is 1. The van der Waals surface area contributed by atoms with Gasteiger partial charge in [0.05, 0.1) is 22.0 Å². The number of ether oxygens (including phenoxy) is 1. The van der Waals surface area contributed by atoms with Crippen molar-refractivity contribution in [2.45, 2.75) is 6.92 Å². The minimum absolute atomic E-state index is 0.242. The van der Waals surface area contributed by atoms with Crippen LogP contribution in [-0.2, 0) is 4.74 Å². The van der Waals surface area contributed by atoms with Gasteiger partial charge in [0.15, 0.2) is 0 Å². The van der Waals surface area contributed by atoms with Crippen molar-refractivity contribution in [3.05, 3.63) is 42.0 Å². The summed E-state index contributed by atoms with van der Waals surface area (Å²) in [6.45, 7) is 5.76. The zero-order valence-electron chi connectivity index (χ0n) is 8.54. The SMILES string of the molecule is C=C(C)c1ccc(C(=O)OC[SiH3])cc1. The predicted molar refractivity (Wildman–Crippen MR) is 61.4 cm³/mol. The van der Waals surface area contributed by atoms with Gasteiger partial charge in [0.2, 0.25) is 0 Å². The molecule has 3 heteroatoms. The lowest BCUT2D eigenvalue weighted by Gasteiger charge is -2.03. The fraction of sp³-hybridized carbons (Fsp3) is 0.182. The van der Waals surface area contributed by atoms with Gasteiger partial charge in [0, 0.05) is 0 Å². The van der Waals surface area contributed by atoms with Gasteiger partial charge in [-0.1, -0.05) is 24.3 Å². The number of allylic oxidation sites excluding steroid dienone is 1. The van der Waals surface area contributed by atoms with Crippen molar-refractivity contribution in [3.63, 3.8) is 0 Å². The molecule has 0 amide bonds. The molecule has 1 rings (SSSR count). The normalized spacial score (nSPS) is 9.79. The summed E-state index contributed by atoms with van der Waals surface area (Å²) >= 11 is 0. The standard InChI is InChI=1S/C11H14O2Si/c1-8(2)9-3-5-10(6-4-9)11(12)13-7-14/h3-6H,1,7H2,2,14H3. The van der Waals surface area contributed by atoms with Crippen molar-refractivity contribution in [3.8, 4) is 0 Å². The maximum Gasteiger partial charge on any atom is 0.337 e. The van der Waals surface area contributed by atoms with Crippen molar-refractivity contribution < 1.29 is 9.53 Å². The summed E-state index contributed by atoms with van der Waals surface area (Å²) in [6, 6.07) is 7.30. The number of esters is 1. The van der Waals surface area contributed by atoms with Gasteiger partial charge in [-0.25, -0.2) is 4.79 Å². The molecule has 0 aliphatic heterocycles. The molecular formula is C11H14O2Si. The highest BCUT2D eigenvalue weighted by Crippen LogP contribution is 2.12. The van der Waals surface area contributed by atoms with Gasteiger partial charge < -0.3 is 4.74 Å². The molecule has 0 unspecified atom stereocenters. The van der Waals surface area contributed by atoms with E-state index < -0.39 is 0 Å². The van der Waals surface area contributed by atoms with Crippen LogP contribution in [0.1, 0.15) is 22.8 Å². The summed E-state index contributed by atoms with van der Waals surface area (Å²) in [5.74, 6) is -0.242. The van der Waals surface area contributed by atoms with E-state index in [1.54, 1.807) is 12.1 Å². The molecule has 0 aromatic heterocycles. The lowest BCUT2D eigenvalue weighted by atomic mass is 10.1. The quantitative estimate of drug-likeness (QED) is 0.549. The van der Waals surface area contributed by atoms with E-state index >= 15 is 0 Å². The summed E-state index contributed by atoms with van der Waals surface area (Å²) < 4.78 is 4.93. The number of benzene rings is 1.